The Hall–Kier alpha value is -4.04. The summed E-state index contributed by atoms with van der Waals surface area (Å²) in [6, 6.07) is 37.0. The maximum Gasteiger partial charge on any atom is 0.0517 e. The third-order valence-corrected chi connectivity index (χ3v) is 10.6. The van der Waals surface area contributed by atoms with Gasteiger partial charge in [0.25, 0.3) is 0 Å². The quantitative estimate of drug-likeness (QED) is 0.214. The van der Waals surface area contributed by atoms with Crippen molar-refractivity contribution in [3.8, 4) is 11.1 Å². The van der Waals surface area contributed by atoms with Gasteiger partial charge in [-0.15, -0.1) is 0 Å². The van der Waals surface area contributed by atoms with Crippen molar-refractivity contribution in [2.75, 3.05) is 23.9 Å². The smallest absolute Gasteiger partial charge is 0.0517 e. The van der Waals surface area contributed by atoms with E-state index in [1.807, 2.05) is 0 Å². The van der Waals surface area contributed by atoms with Crippen LogP contribution in [0, 0.1) is 0 Å². The average molecular weight is 521 g/mol. The molecular weight excluding hydrogens is 484 g/mol. The lowest BCUT2D eigenvalue weighted by atomic mass is 9.61. The number of benzene rings is 6. The molecule has 1 aliphatic heterocycles. The number of hydrogen-bond donors (Lipinski definition) is 0. The Morgan fingerprint density at radius 1 is 0.675 bits per heavy atom. The zero-order valence-electron chi connectivity index (χ0n) is 24.0. The number of nitrogens with zero attached hydrogens (tertiary/aromatic N) is 2. The number of anilines is 3. The van der Waals surface area contributed by atoms with E-state index in [0.717, 1.165) is 0 Å². The van der Waals surface area contributed by atoms with E-state index < -0.39 is 0 Å². The summed E-state index contributed by atoms with van der Waals surface area (Å²) in [5.74, 6) is 0. The van der Waals surface area contributed by atoms with Gasteiger partial charge in [0.05, 0.1) is 5.54 Å². The second kappa shape index (κ2) is 8.24. The van der Waals surface area contributed by atoms with Gasteiger partial charge in [-0.25, -0.2) is 0 Å². The molecule has 8 rings (SSSR count). The molecule has 198 valence electrons. The maximum atomic E-state index is 2.68. The molecule has 0 bridgehead atoms. The van der Waals surface area contributed by atoms with Crippen LogP contribution in [0.25, 0.3) is 43.4 Å². The first-order chi connectivity index (χ1) is 19.4. The molecule has 1 saturated carbocycles. The van der Waals surface area contributed by atoms with Gasteiger partial charge in [0, 0.05) is 36.6 Å². The molecular formula is C38H36N2. The fourth-order valence-corrected chi connectivity index (χ4v) is 8.19. The minimum absolute atomic E-state index is 0.0501. The topological polar surface area (TPSA) is 6.48 Å². The molecule has 0 saturated heterocycles. The third kappa shape index (κ3) is 3.05. The first-order valence-electron chi connectivity index (χ1n) is 14.8. The molecule has 0 spiro atoms. The van der Waals surface area contributed by atoms with Crippen molar-refractivity contribution in [1.82, 2.24) is 0 Å². The Balaban J connectivity index is 1.34. The summed E-state index contributed by atoms with van der Waals surface area (Å²) in [6.45, 7) is 5.05. The van der Waals surface area contributed by atoms with Gasteiger partial charge in [-0.3, -0.25) is 0 Å². The van der Waals surface area contributed by atoms with Crippen LogP contribution in [0.2, 0.25) is 0 Å². The van der Waals surface area contributed by atoms with E-state index in [1.54, 1.807) is 0 Å². The second-order valence-corrected chi connectivity index (χ2v) is 12.8. The van der Waals surface area contributed by atoms with Crippen LogP contribution in [0.1, 0.15) is 45.1 Å². The summed E-state index contributed by atoms with van der Waals surface area (Å²) in [5, 5.41) is 8.10. The van der Waals surface area contributed by atoms with Crippen LogP contribution >= 0.6 is 0 Å². The second-order valence-electron chi connectivity index (χ2n) is 12.8. The fourth-order valence-electron chi connectivity index (χ4n) is 8.19. The van der Waals surface area contributed by atoms with Crippen LogP contribution in [0.5, 0.6) is 0 Å². The van der Waals surface area contributed by atoms with E-state index in [4.69, 9.17) is 0 Å². The van der Waals surface area contributed by atoms with Crippen molar-refractivity contribution in [3.63, 3.8) is 0 Å². The van der Waals surface area contributed by atoms with Gasteiger partial charge in [-0.1, -0.05) is 80.4 Å². The number of rotatable bonds is 3. The average Bonchev–Trinajstić information content (AvgIpc) is 3.19. The molecule has 1 aliphatic carbocycles. The van der Waals surface area contributed by atoms with Gasteiger partial charge >= 0.3 is 0 Å². The number of hydrogen-bond acceptors (Lipinski definition) is 2. The van der Waals surface area contributed by atoms with Crippen molar-refractivity contribution < 1.29 is 0 Å². The predicted molar refractivity (Wildman–Crippen MR) is 173 cm³/mol. The van der Waals surface area contributed by atoms with Gasteiger partial charge in [0.2, 0.25) is 0 Å². The van der Waals surface area contributed by atoms with Crippen molar-refractivity contribution >= 4 is 49.4 Å². The summed E-state index contributed by atoms with van der Waals surface area (Å²) < 4.78 is 0. The van der Waals surface area contributed by atoms with Gasteiger partial charge in [-0.2, -0.15) is 0 Å². The molecule has 2 nitrogen and oxygen atoms in total. The van der Waals surface area contributed by atoms with Crippen molar-refractivity contribution in [1.29, 1.82) is 0 Å². The molecule has 0 aromatic heterocycles. The Bertz CT molecular complexity index is 1900. The van der Waals surface area contributed by atoms with E-state index in [-0.39, 0.29) is 11.0 Å². The third-order valence-electron chi connectivity index (χ3n) is 10.6. The molecule has 6 aromatic rings. The molecule has 6 aromatic carbocycles. The highest BCUT2D eigenvalue weighted by molar-refractivity contribution is 6.25. The molecule has 1 fully saturated rings. The van der Waals surface area contributed by atoms with Crippen LogP contribution in [-0.4, -0.2) is 19.6 Å². The summed E-state index contributed by atoms with van der Waals surface area (Å²) in [4.78, 5) is 4.85. The molecule has 2 atom stereocenters. The van der Waals surface area contributed by atoms with Crippen molar-refractivity contribution in [2.24, 2.45) is 0 Å². The molecule has 40 heavy (non-hydrogen) atoms. The first kappa shape index (κ1) is 23.8. The zero-order chi connectivity index (χ0) is 27.2. The highest BCUT2D eigenvalue weighted by Crippen LogP contribution is 2.61. The lowest BCUT2D eigenvalue weighted by Crippen LogP contribution is -2.54. The lowest BCUT2D eigenvalue weighted by molar-refractivity contribution is 0.195. The highest BCUT2D eigenvalue weighted by Gasteiger charge is 2.57. The van der Waals surface area contributed by atoms with Crippen LogP contribution in [-0.2, 0) is 5.41 Å². The molecule has 2 aliphatic rings. The van der Waals surface area contributed by atoms with Crippen molar-refractivity contribution in [3.05, 3.63) is 103 Å². The Morgan fingerprint density at radius 2 is 1.35 bits per heavy atom. The molecule has 1 heterocycles. The van der Waals surface area contributed by atoms with E-state index >= 15 is 0 Å². The van der Waals surface area contributed by atoms with E-state index in [1.165, 1.54) is 91.8 Å². The minimum Gasteiger partial charge on any atom is -0.378 e. The summed E-state index contributed by atoms with van der Waals surface area (Å²) in [6.07, 6.45) is 5.02. The Labute approximate surface area is 237 Å². The fraction of sp³-hybridized carbons (Fsp3) is 0.263. The highest BCUT2D eigenvalue weighted by atomic mass is 15.3. The monoisotopic (exact) mass is 520 g/mol. The van der Waals surface area contributed by atoms with Gasteiger partial charge < -0.3 is 9.80 Å². The van der Waals surface area contributed by atoms with E-state index in [9.17, 15) is 0 Å². The predicted octanol–water partition coefficient (Wildman–Crippen LogP) is 10.1. The maximum absolute atomic E-state index is 2.68. The van der Waals surface area contributed by atoms with Gasteiger partial charge in [-0.05, 0) is 105 Å². The first-order valence-corrected chi connectivity index (χ1v) is 14.8. The largest absolute Gasteiger partial charge is 0.378 e. The normalized spacial score (nSPS) is 22.2. The van der Waals surface area contributed by atoms with Crippen LogP contribution in [0.15, 0.2) is 97.1 Å². The SMILES string of the molecule is CN(C)c1ccc(N2c3ccc(-c4ccc5ccc6cccc7ccc4c5c67)cc3C3(C)CCCCC23C)cc1. The van der Waals surface area contributed by atoms with E-state index in [2.05, 4.69) is 135 Å². The molecule has 2 unspecified atom stereocenters. The standard InChI is InChI=1S/C38H36N2/c1-37-22-5-6-23-38(37,2)40(30-17-15-29(16-18-30)39(3)4)34-21-14-28(24-33(34)37)31-19-12-27-11-10-25-8-7-9-26-13-20-32(31)36(27)35(25)26/h7-21,24H,5-6,22-23H2,1-4H3. The lowest BCUT2D eigenvalue weighted by Gasteiger charge is -2.50. The van der Waals surface area contributed by atoms with Gasteiger partial charge in [0.1, 0.15) is 0 Å². The van der Waals surface area contributed by atoms with Crippen LogP contribution in [0.3, 0.4) is 0 Å². The Morgan fingerprint density at radius 3 is 2.10 bits per heavy atom. The summed E-state index contributed by atoms with van der Waals surface area (Å²) >= 11 is 0. The summed E-state index contributed by atoms with van der Waals surface area (Å²) in [7, 11) is 4.22. The van der Waals surface area contributed by atoms with Crippen LogP contribution in [0.4, 0.5) is 17.1 Å². The van der Waals surface area contributed by atoms with Crippen LogP contribution < -0.4 is 9.80 Å². The minimum atomic E-state index is 0.0501. The van der Waals surface area contributed by atoms with Crippen molar-refractivity contribution in [2.45, 2.75) is 50.5 Å². The molecule has 0 amide bonds. The Kier molecular flexibility index (Phi) is 4.90. The molecule has 0 N–H and O–H groups in total. The number of fused-ring (bicyclic) bond motifs is 3. The molecule has 2 heteroatoms. The zero-order valence-corrected chi connectivity index (χ0v) is 24.0. The van der Waals surface area contributed by atoms with E-state index in [0.29, 0.717) is 0 Å². The molecule has 0 radical (unpaired) electrons. The summed E-state index contributed by atoms with van der Waals surface area (Å²) in [5.41, 5.74) is 8.24. The van der Waals surface area contributed by atoms with Gasteiger partial charge in [0.15, 0.2) is 0 Å².